The van der Waals surface area contributed by atoms with E-state index in [1.807, 2.05) is 29.2 Å². The van der Waals surface area contributed by atoms with E-state index in [2.05, 4.69) is 36.4 Å². The molecule has 1 fully saturated rings. The predicted molar refractivity (Wildman–Crippen MR) is 73.5 cm³/mol. The zero-order chi connectivity index (χ0) is 11.8. The number of hydrogen-bond acceptors (Lipinski definition) is 1. The lowest BCUT2D eigenvalue weighted by atomic mass is 10.0. The van der Waals surface area contributed by atoms with Crippen molar-refractivity contribution < 1.29 is 4.79 Å². The van der Waals surface area contributed by atoms with Crippen LogP contribution in [0.4, 0.5) is 0 Å². The lowest BCUT2D eigenvalue weighted by Crippen LogP contribution is -2.42. The summed E-state index contributed by atoms with van der Waals surface area (Å²) < 4.78 is 1.11. The third kappa shape index (κ3) is 2.24. The Bertz CT molecular complexity index is 414. The average molecular weight is 329 g/mol. The van der Waals surface area contributed by atoms with Crippen molar-refractivity contribution in [3.05, 3.63) is 33.4 Å². The normalized spacial score (nSPS) is 18.8. The van der Waals surface area contributed by atoms with Crippen molar-refractivity contribution in [3.63, 3.8) is 0 Å². The van der Waals surface area contributed by atoms with Crippen LogP contribution in [-0.4, -0.2) is 22.9 Å². The van der Waals surface area contributed by atoms with Crippen molar-refractivity contribution in [1.82, 2.24) is 4.90 Å². The topological polar surface area (TPSA) is 20.3 Å². The van der Waals surface area contributed by atoms with Crippen molar-refractivity contribution in [3.8, 4) is 0 Å². The molecule has 0 unspecified atom stereocenters. The van der Waals surface area contributed by atoms with Gasteiger partial charge in [0.2, 0.25) is 0 Å². The maximum Gasteiger partial charge on any atom is 0.254 e. The molecule has 0 radical (unpaired) electrons. The molecule has 0 saturated carbocycles. The van der Waals surface area contributed by atoms with E-state index in [0.717, 1.165) is 28.5 Å². The lowest BCUT2D eigenvalue weighted by Gasteiger charge is -2.31. The first-order valence-corrected chi connectivity index (χ1v) is 6.66. The number of rotatable bonds is 1. The molecule has 1 aromatic carbocycles. The van der Waals surface area contributed by atoms with Crippen LogP contribution in [0.5, 0.6) is 0 Å². The first-order valence-electron chi connectivity index (χ1n) is 5.58. The lowest BCUT2D eigenvalue weighted by molar-refractivity contribution is 0.0652. The number of likely N-dealkylation sites (tertiary alicyclic amines) is 1. The second kappa shape index (κ2) is 4.35. The highest BCUT2D eigenvalue weighted by molar-refractivity contribution is 14.1. The molecule has 16 heavy (non-hydrogen) atoms. The Morgan fingerprint density at radius 1 is 1.44 bits per heavy atom. The molecule has 1 aliphatic rings. The van der Waals surface area contributed by atoms with Crippen LogP contribution in [0.1, 0.15) is 37.0 Å². The minimum absolute atomic E-state index is 0.0123. The average Bonchev–Trinajstić information content (AvgIpc) is 2.57. The Kier molecular flexibility index (Phi) is 3.24. The summed E-state index contributed by atoms with van der Waals surface area (Å²) >= 11 is 2.24. The molecule has 1 saturated heterocycles. The fourth-order valence-corrected chi connectivity index (χ4v) is 2.80. The third-order valence-corrected chi connectivity index (χ3v) is 3.89. The van der Waals surface area contributed by atoms with Gasteiger partial charge in [-0.05, 0) is 67.5 Å². The molecule has 86 valence electrons. The Morgan fingerprint density at radius 2 is 2.19 bits per heavy atom. The Morgan fingerprint density at radius 3 is 2.75 bits per heavy atom. The van der Waals surface area contributed by atoms with Crippen LogP contribution in [0.15, 0.2) is 24.3 Å². The van der Waals surface area contributed by atoms with E-state index in [4.69, 9.17) is 0 Å². The van der Waals surface area contributed by atoms with E-state index in [1.165, 1.54) is 0 Å². The van der Waals surface area contributed by atoms with E-state index in [9.17, 15) is 4.79 Å². The van der Waals surface area contributed by atoms with Crippen LogP contribution in [0.2, 0.25) is 0 Å². The van der Waals surface area contributed by atoms with Gasteiger partial charge < -0.3 is 4.90 Å². The second-order valence-corrected chi connectivity index (χ2v) is 6.13. The molecule has 0 N–H and O–H groups in total. The minimum Gasteiger partial charge on any atom is -0.334 e. The number of amides is 1. The van der Waals surface area contributed by atoms with E-state index in [-0.39, 0.29) is 11.4 Å². The van der Waals surface area contributed by atoms with Gasteiger partial charge in [-0.25, -0.2) is 0 Å². The van der Waals surface area contributed by atoms with Crippen molar-refractivity contribution in [1.29, 1.82) is 0 Å². The summed E-state index contributed by atoms with van der Waals surface area (Å²) in [5.74, 6) is 0.168. The van der Waals surface area contributed by atoms with Gasteiger partial charge in [-0.15, -0.1) is 0 Å². The van der Waals surface area contributed by atoms with Crippen molar-refractivity contribution in [2.45, 2.75) is 32.2 Å². The molecule has 0 bridgehead atoms. The predicted octanol–water partition coefficient (Wildman–Crippen LogP) is 3.31. The van der Waals surface area contributed by atoms with Gasteiger partial charge in [0, 0.05) is 21.2 Å². The molecule has 0 spiro atoms. The zero-order valence-corrected chi connectivity index (χ0v) is 11.8. The minimum atomic E-state index is 0.0123. The van der Waals surface area contributed by atoms with Crippen LogP contribution in [0.25, 0.3) is 0 Å². The van der Waals surface area contributed by atoms with Gasteiger partial charge in [0.05, 0.1) is 0 Å². The van der Waals surface area contributed by atoms with Gasteiger partial charge in [0.25, 0.3) is 5.91 Å². The Hall–Kier alpha value is -0.580. The van der Waals surface area contributed by atoms with E-state index >= 15 is 0 Å². The molecular weight excluding hydrogens is 313 g/mol. The number of carbonyl (C=O) groups is 1. The standard InChI is InChI=1S/C13H16INO/c1-13(2)7-4-8-15(13)12(16)10-5-3-6-11(14)9-10/h3,5-6,9H,4,7-8H2,1-2H3. The van der Waals surface area contributed by atoms with Gasteiger partial charge in [-0.3, -0.25) is 4.79 Å². The van der Waals surface area contributed by atoms with Crippen molar-refractivity contribution >= 4 is 28.5 Å². The Balaban J connectivity index is 2.26. The number of carbonyl (C=O) groups excluding carboxylic acids is 1. The molecular formula is C13H16INO. The highest BCUT2D eigenvalue weighted by Crippen LogP contribution is 2.29. The molecule has 0 atom stereocenters. The summed E-state index contributed by atoms with van der Waals surface area (Å²) in [5, 5.41) is 0. The Labute approximate surface area is 110 Å². The summed E-state index contributed by atoms with van der Waals surface area (Å²) in [6.45, 7) is 5.18. The first kappa shape index (κ1) is 11.9. The molecule has 0 aliphatic carbocycles. The molecule has 3 heteroatoms. The highest BCUT2D eigenvalue weighted by atomic mass is 127. The smallest absolute Gasteiger partial charge is 0.254 e. The van der Waals surface area contributed by atoms with Crippen LogP contribution in [-0.2, 0) is 0 Å². The second-order valence-electron chi connectivity index (χ2n) is 4.88. The van der Waals surface area contributed by atoms with E-state index in [1.54, 1.807) is 0 Å². The molecule has 2 nitrogen and oxygen atoms in total. The summed E-state index contributed by atoms with van der Waals surface area (Å²) in [4.78, 5) is 14.3. The molecule has 1 aliphatic heterocycles. The molecule has 1 aromatic rings. The largest absolute Gasteiger partial charge is 0.334 e. The summed E-state index contributed by atoms with van der Waals surface area (Å²) in [7, 11) is 0. The maximum absolute atomic E-state index is 12.3. The molecule has 1 amide bonds. The van der Waals surface area contributed by atoms with Gasteiger partial charge in [-0.2, -0.15) is 0 Å². The fourth-order valence-electron chi connectivity index (χ4n) is 2.26. The van der Waals surface area contributed by atoms with Crippen molar-refractivity contribution in [2.75, 3.05) is 6.54 Å². The third-order valence-electron chi connectivity index (χ3n) is 3.22. The van der Waals surface area contributed by atoms with Gasteiger partial charge in [0.1, 0.15) is 0 Å². The SMILES string of the molecule is CC1(C)CCCN1C(=O)c1cccc(I)c1. The van der Waals surface area contributed by atoms with E-state index < -0.39 is 0 Å². The number of benzene rings is 1. The molecule has 0 aromatic heterocycles. The van der Waals surface area contributed by atoms with E-state index in [0.29, 0.717) is 0 Å². The summed E-state index contributed by atoms with van der Waals surface area (Å²) in [6, 6.07) is 7.81. The number of halogens is 1. The van der Waals surface area contributed by atoms with Crippen LogP contribution in [0.3, 0.4) is 0 Å². The monoisotopic (exact) mass is 329 g/mol. The molecule has 2 rings (SSSR count). The maximum atomic E-state index is 12.3. The van der Waals surface area contributed by atoms with Crippen molar-refractivity contribution in [2.24, 2.45) is 0 Å². The van der Waals surface area contributed by atoms with Gasteiger partial charge >= 0.3 is 0 Å². The highest BCUT2D eigenvalue weighted by Gasteiger charge is 2.35. The van der Waals surface area contributed by atoms with Crippen LogP contribution >= 0.6 is 22.6 Å². The first-order chi connectivity index (χ1) is 7.50. The molecule has 1 heterocycles. The zero-order valence-electron chi connectivity index (χ0n) is 9.66. The quantitative estimate of drug-likeness (QED) is 0.724. The fraction of sp³-hybridized carbons (Fsp3) is 0.462. The van der Waals surface area contributed by atoms with Gasteiger partial charge in [-0.1, -0.05) is 6.07 Å². The van der Waals surface area contributed by atoms with Gasteiger partial charge in [0.15, 0.2) is 0 Å². The number of nitrogens with zero attached hydrogens (tertiary/aromatic N) is 1. The van der Waals surface area contributed by atoms with Crippen LogP contribution < -0.4 is 0 Å². The summed E-state index contributed by atoms with van der Waals surface area (Å²) in [6.07, 6.45) is 2.21. The summed E-state index contributed by atoms with van der Waals surface area (Å²) in [5.41, 5.74) is 0.820. The number of hydrogen-bond donors (Lipinski definition) is 0. The van der Waals surface area contributed by atoms with Crippen LogP contribution in [0, 0.1) is 3.57 Å².